The van der Waals surface area contributed by atoms with E-state index in [9.17, 15) is 9.18 Å². The van der Waals surface area contributed by atoms with Crippen LogP contribution in [0.25, 0.3) is 10.1 Å². The van der Waals surface area contributed by atoms with E-state index < -0.39 is 0 Å². The molecule has 3 nitrogen and oxygen atoms in total. The topological polar surface area (TPSA) is 38.3 Å². The molecule has 2 aromatic carbocycles. The number of hydrogen-bond acceptors (Lipinski definition) is 3. The maximum absolute atomic E-state index is 14.2. The number of benzene rings is 2. The molecule has 0 spiro atoms. The van der Waals surface area contributed by atoms with Crippen molar-refractivity contribution in [3.63, 3.8) is 0 Å². The third kappa shape index (κ3) is 3.15. The number of halogens is 2. The van der Waals surface area contributed by atoms with Gasteiger partial charge in [-0.05, 0) is 42.8 Å². The number of carbonyl (C=O) groups excluding carboxylic acids is 1. The summed E-state index contributed by atoms with van der Waals surface area (Å²) in [6, 6.07) is 10.1. The van der Waals surface area contributed by atoms with E-state index in [0.717, 1.165) is 10.3 Å². The van der Waals surface area contributed by atoms with Crippen LogP contribution in [0.3, 0.4) is 0 Å². The minimum atomic E-state index is -0.350. The first-order chi connectivity index (χ1) is 11.5. The lowest BCUT2D eigenvalue weighted by molar-refractivity contribution is 0.102. The van der Waals surface area contributed by atoms with Crippen molar-refractivity contribution in [1.29, 1.82) is 0 Å². The number of fused-ring (bicyclic) bond motifs is 1. The fourth-order valence-corrected chi connectivity index (χ4v) is 3.92. The Morgan fingerprint density at radius 1 is 1.33 bits per heavy atom. The fourth-order valence-electron chi connectivity index (χ4n) is 2.58. The van der Waals surface area contributed by atoms with Crippen molar-refractivity contribution in [3.8, 4) is 0 Å². The largest absolute Gasteiger partial charge is 0.380 e. The van der Waals surface area contributed by atoms with Crippen LogP contribution in [0.15, 0.2) is 36.4 Å². The molecule has 0 saturated carbocycles. The van der Waals surface area contributed by atoms with Crippen molar-refractivity contribution in [2.45, 2.75) is 13.5 Å². The molecule has 0 aliphatic heterocycles. The van der Waals surface area contributed by atoms with E-state index in [0.29, 0.717) is 26.5 Å². The summed E-state index contributed by atoms with van der Waals surface area (Å²) in [5.74, 6) is -0.634. The number of methoxy groups -OCH3 is 1. The predicted octanol–water partition coefficient (Wildman–Crippen LogP) is 5.40. The van der Waals surface area contributed by atoms with Crippen LogP contribution in [0, 0.1) is 12.7 Å². The summed E-state index contributed by atoms with van der Waals surface area (Å²) in [5, 5.41) is 3.92. The van der Waals surface area contributed by atoms with E-state index in [1.807, 2.05) is 6.92 Å². The van der Waals surface area contributed by atoms with Gasteiger partial charge in [0.15, 0.2) is 0 Å². The molecule has 1 N–H and O–H groups in total. The zero-order chi connectivity index (χ0) is 17.3. The average molecular weight is 364 g/mol. The van der Waals surface area contributed by atoms with Crippen molar-refractivity contribution in [2.24, 2.45) is 0 Å². The van der Waals surface area contributed by atoms with E-state index in [2.05, 4.69) is 5.32 Å². The zero-order valence-corrected chi connectivity index (χ0v) is 14.7. The summed E-state index contributed by atoms with van der Waals surface area (Å²) in [4.78, 5) is 13.2. The fraction of sp³-hybridized carbons (Fsp3) is 0.167. The van der Waals surface area contributed by atoms with Crippen LogP contribution in [-0.4, -0.2) is 13.0 Å². The van der Waals surface area contributed by atoms with E-state index in [-0.39, 0.29) is 18.3 Å². The maximum atomic E-state index is 14.2. The predicted molar refractivity (Wildman–Crippen MR) is 96.6 cm³/mol. The van der Waals surface area contributed by atoms with E-state index >= 15 is 0 Å². The molecule has 3 rings (SSSR count). The van der Waals surface area contributed by atoms with E-state index in [4.69, 9.17) is 16.3 Å². The van der Waals surface area contributed by atoms with Gasteiger partial charge >= 0.3 is 0 Å². The minimum Gasteiger partial charge on any atom is -0.380 e. The number of anilines is 1. The standard InChI is InChI=1S/C18H15ClFNO2S/c1-10-8-11(19)6-7-14(10)21-18(22)17-12(9-23-2)16-13(20)4-3-5-15(16)24-17/h3-8H,9H2,1-2H3,(H,21,22). The van der Waals surface area contributed by atoms with Gasteiger partial charge in [-0.15, -0.1) is 11.3 Å². The van der Waals surface area contributed by atoms with Crippen molar-refractivity contribution < 1.29 is 13.9 Å². The molecule has 1 amide bonds. The summed E-state index contributed by atoms with van der Waals surface area (Å²) in [6.45, 7) is 2.03. The molecule has 0 atom stereocenters. The van der Waals surface area contributed by atoms with Gasteiger partial charge in [0.25, 0.3) is 5.91 Å². The second-order valence-corrected chi connectivity index (χ2v) is 6.86. The third-order valence-electron chi connectivity index (χ3n) is 3.69. The first-order valence-electron chi connectivity index (χ1n) is 7.27. The highest BCUT2D eigenvalue weighted by molar-refractivity contribution is 7.21. The van der Waals surface area contributed by atoms with Gasteiger partial charge in [0.2, 0.25) is 0 Å². The molecule has 3 aromatic rings. The second-order valence-electron chi connectivity index (χ2n) is 5.37. The van der Waals surface area contributed by atoms with Gasteiger partial charge in [-0.25, -0.2) is 4.39 Å². The maximum Gasteiger partial charge on any atom is 0.266 e. The highest BCUT2D eigenvalue weighted by atomic mass is 35.5. The van der Waals surface area contributed by atoms with Crippen LogP contribution in [0.2, 0.25) is 5.02 Å². The van der Waals surface area contributed by atoms with Crippen LogP contribution in [-0.2, 0) is 11.3 Å². The molecule has 6 heteroatoms. The number of hydrogen-bond donors (Lipinski definition) is 1. The van der Waals surface area contributed by atoms with Crippen LogP contribution < -0.4 is 5.32 Å². The second kappa shape index (κ2) is 6.89. The Labute approximate surface area is 148 Å². The molecule has 0 unspecified atom stereocenters. The van der Waals surface area contributed by atoms with Crippen LogP contribution in [0.1, 0.15) is 20.8 Å². The Morgan fingerprint density at radius 2 is 2.12 bits per heavy atom. The highest BCUT2D eigenvalue weighted by Crippen LogP contribution is 2.34. The quantitative estimate of drug-likeness (QED) is 0.673. The monoisotopic (exact) mass is 363 g/mol. The zero-order valence-electron chi connectivity index (χ0n) is 13.2. The Bertz CT molecular complexity index is 923. The lowest BCUT2D eigenvalue weighted by atomic mass is 10.1. The average Bonchev–Trinajstić information content (AvgIpc) is 2.91. The number of carbonyl (C=O) groups is 1. The Kier molecular flexibility index (Phi) is 4.85. The van der Waals surface area contributed by atoms with Gasteiger partial charge < -0.3 is 10.1 Å². The number of aryl methyl sites for hydroxylation is 1. The number of amides is 1. The molecule has 0 radical (unpaired) electrons. The van der Waals surface area contributed by atoms with Crippen molar-refractivity contribution in [2.75, 3.05) is 12.4 Å². The SMILES string of the molecule is COCc1c(C(=O)Nc2ccc(Cl)cc2C)sc2cccc(F)c12. The number of rotatable bonds is 4. The Balaban J connectivity index is 2.03. The summed E-state index contributed by atoms with van der Waals surface area (Å²) >= 11 is 7.20. The molecule has 24 heavy (non-hydrogen) atoms. The smallest absolute Gasteiger partial charge is 0.266 e. The normalized spacial score (nSPS) is 11.0. The summed E-state index contributed by atoms with van der Waals surface area (Å²) in [5.41, 5.74) is 2.10. The lowest BCUT2D eigenvalue weighted by Crippen LogP contribution is -2.13. The van der Waals surface area contributed by atoms with Gasteiger partial charge in [-0.1, -0.05) is 17.7 Å². The van der Waals surface area contributed by atoms with Gasteiger partial charge in [0.1, 0.15) is 5.82 Å². The molecule has 0 saturated heterocycles. The number of nitrogens with one attached hydrogen (secondary N) is 1. The summed E-state index contributed by atoms with van der Waals surface area (Å²) in [6.07, 6.45) is 0. The summed E-state index contributed by atoms with van der Waals surface area (Å²) in [7, 11) is 1.52. The molecular weight excluding hydrogens is 349 g/mol. The molecule has 1 heterocycles. The van der Waals surface area contributed by atoms with E-state index in [1.54, 1.807) is 30.3 Å². The third-order valence-corrected chi connectivity index (χ3v) is 5.13. The first-order valence-corrected chi connectivity index (χ1v) is 8.47. The Morgan fingerprint density at radius 3 is 2.83 bits per heavy atom. The number of thiophene rings is 1. The molecule has 0 fully saturated rings. The first kappa shape index (κ1) is 16.9. The lowest BCUT2D eigenvalue weighted by Gasteiger charge is -2.09. The van der Waals surface area contributed by atoms with Gasteiger partial charge in [-0.3, -0.25) is 4.79 Å². The van der Waals surface area contributed by atoms with Gasteiger partial charge in [0, 0.05) is 33.5 Å². The van der Waals surface area contributed by atoms with Crippen molar-refractivity contribution in [3.05, 3.63) is 63.2 Å². The molecule has 1 aromatic heterocycles. The minimum absolute atomic E-state index is 0.170. The summed E-state index contributed by atoms with van der Waals surface area (Å²) < 4.78 is 20.1. The van der Waals surface area contributed by atoms with Crippen LogP contribution in [0.5, 0.6) is 0 Å². The molecular formula is C18H15ClFNO2S. The van der Waals surface area contributed by atoms with Crippen LogP contribution >= 0.6 is 22.9 Å². The van der Waals surface area contributed by atoms with Gasteiger partial charge in [0.05, 0.1) is 11.5 Å². The molecule has 0 bridgehead atoms. The van der Waals surface area contributed by atoms with Crippen LogP contribution in [0.4, 0.5) is 10.1 Å². The number of ether oxygens (including phenoxy) is 1. The molecule has 0 aliphatic carbocycles. The highest BCUT2D eigenvalue weighted by Gasteiger charge is 2.21. The Hall–Kier alpha value is -1.95. The van der Waals surface area contributed by atoms with Crippen molar-refractivity contribution in [1.82, 2.24) is 0 Å². The van der Waals surface area contributed by atoms with Crippen molar-refractivity contribution >= 4 is 44.6 Å². The molecule has 124 valence electrons. The molecule has 0 aliphatic rings. The van der Waals surface area contributed by atoms with Gasteiger partial charge in [-0.2, -0.15) is 0 Å². The van der Waals surface area contributed by atoms with E-state index in [1.165, 1.54) is 24.5 Å².